The van der Waals surface area contributed by atoms with Gasteiger partial charge in [-0.25, -0.2) is 0 Å². The van der Waals surface area contributed by atoms with Crippen LogP contribution in [-0.4, -0.2) is 25.8 Å². The van der Waals surface area contributed by atoms with Crippen LogP contribution in [0.2, 0.25) is 0 Å². The van der Waals surface area contributed by atoms with E-state index < -0.39 is 20.5 Å². The van der Waals surface area contributed by atoms with Crippen molar-refractivity contribution in [2.75, 3.05) is 0 Å². The molecule has 0 N–H and O–H groups in total. The van der Waals surface area contributed by atoms with Crippen molar-refractivity contribution in [3.63, 3.8) is 0 Å². The van der Waals surface area contributed by atoms with Crippen molar-refractivity contribution in [1.29, 1.82) is 0 Å². The van der Waals surface area contributed by atoms with Crippen molar-refractivity contribution >= 4 is 81.2 Å². The van der Waals surface area contributed by atoms with Crippen molar-refractivity contribution in [3.8, 4) is 0 Å². The van der Waals surface area contributed by atoms with Gasteiger partial charge < -0.3 is 0 Å². The molecule has 0 aromatic rings. The average molecular weight is 379 g/mol. The molecule has 100 valence electrons. The summed E-state index contributed by atoms with van der Waals surface area (Å²) in [4.78, 5) is -1.37. The van der Waals surface area contributed by atoms with Crippen LogP contribution in [0, 0.1) is 16.7 Å². The van der Waals surface area contributed by atoms with Crippen LogP contribution in [0.15, 0.2) is 0 Å². The van der Waals surface area contributed by atoms with Gasteiger partial charge in [-0.3, -0.25) is 0 Å². The minimum atomic E-state index is -0.704. The molecule has 0 nitrogen and oxygen atoms in total. The first-order chi connectivity index (χ1) is 7.71. The summed E-state index contributed by atoms with van der Waals surface area (Å²) in [7, 11) is 0. The van der Waals surface area contributed by atoms with Crippen LogP contribution in [0.3, 0.4) is 0 Å². The highest BCUT2D eigenvalue weighted by atomic mass is 35.5. The fourth-order valence-corrected chi connectivity index (χ4v) is 7.32. The molecule has 0 aliphatic heterocycles. The topological polar surface area (TPSA) is 0 Å². The zero-order valence-electron chi connectivity index (χ0n) is 8.82. The van der Waals surface area contributed by atoms with Crippen LogP contribution in [0.4, 0.5) is 0 Å². The molecule has 2 rings (SSSR count). The quantitative estimate of drug-likeness (QED) is 0.561. The Hall–Kier alpha value is 2.03. The second kappa shape index (κ2) is 4.79. The summed E-state index contributed by atoms with van der Waals surface area (Å²) in [6.45, 7) is 1.93. The van der Waals surface area contributed by atoms with Crippen molar-refractivity contribution in [1.82, 2.24) is 0 Å². The molecule has 2 fully saturated rings. The third-order valence-corrected chi connectivity index (χ3v) is 8.00. The molecule has 6 atom stereocenters. The summed E-state index contributed by atoms with van der Waals surface area (Å²) in [5.74, 6) is -0.0895. The largest absolute Gasteiger partial charge is 0.123 e. The lowest BCUT2D eigenvalue weighted by Crippen LogP contribution is -2.47. The maximum atomic E-state index is 6.43. The van der Waals surface area contributed by atoms with Crippen molar-refractivity contribution in [2.45, 2.75) is 39.1 Å². The molecule has 2 bridgehead atoms. The highest BCUT2D eigenvalue weighted by molar-refractivity contribution is 6.48. The molecule has 0 unspecified atom stereocenters. The van der Waals surface area contributed by atoms with E-state index in [1.165, 1.54) is 0 Å². The van der Waals surface area contributed by atoms with Gasteiger partial charge in [0.05, 0.1) is 10.8 Å². The van der Waals surface area contributed by atoms with Crippen molar-refractivity contribution in [2.24, 2.45) is 16.7 Å². The third-order valence-electron chi connectivity index (χ3n) is 4.58. The summed E-state index contributed by atoms with van der Waals surface area (Å²) >= 11 is 43.8. The van der Waals surface area contributed by atoms with Crippen LogP contribution in [0.25, 0.3) is 0 Å². The fraction of sp³-hybridized carbons (Fsp3) is 1.00. The molecule has 0 saturated heterocycles. The minimum Gasteiger partial charge on any atom is -0.123 e. The summed E-state index contributed by atoms with van der Waals surface area (Å²) in [5, 5.41) is -0.857. The Morgan fingerprint density at radius 2 is 1.53 bits per heavy atom. The highest BCUT2D eigenvalue weighted by Crippen LogP contribution is 2.74. The number of rotatable bonds is 2. The predicted octanol–water partition coefficient (Wildman–Crippen LogP) is 5.44. The minimum absolute atomic E-state index is 0.0895. The Morgan fingerprint density at radius 3 is 1.88 bits per heavy atom. The Balaban J connectivity index is 2.59. The predicted molar refractivity (Wildman–Crippen MR) is 78.6 cm³/mol. The van der Waals surface area contributed by atoms with Gasteiger partial charge in [0.2, 0.25) is 0 Å². The van der Waals surface area contributed by atoms with Crippen LogP contribution in [-0.2, 0) is 0 Å². The van der Waals surface area contributed by atoms with Gasteiger partial charge in [-0.05, 0) is 6.42 Å². The molecule has 7 heteroatoms. The normalized spacial score (nSPS) is 54.0. The number of hydrogen-bond donors (Lipinski definition) is 0. The summed E-state index contributed by atoms with van der Waals surface area (Å²) in [6.07, 6.45) is 0.584. The average Bonchev–Trinajstić information content (AvgIpc) is 2.54. The number of halogens is 7. The zero-order chi connectivity index (χ0) is 13.2. The Labute approximate surface area is 136 Å². The van der Waals surface area contributed by atoms with Crippen LogP contribution in [0.1, 0.15) is 13.3 Å². The molecule has 2 aliphatic rings. The molecule has 17 heavy (non-hydrogen) atoms. The van der Waals surface area contributed by atoms with Crippen molar-refractivity contribution in [3.05, 3.63) is 0 Å². The van der Waals surface area contributed by atoms with Gasteiger partial charge in [-0.2, -0.15) is 0 Å². The van der Waals surface area contributed by atoms with E-state index in [0.29, 0.717) is 6.42 Å². The summed E-state index contributed by atoms with van der Waals surface area (Å²) in [6, 6.07) is 0. The van der Waals surface area contributed by atoms with Gasteiger partial charge in [0, 0.05) is 22.1 Å². The van der Waals surface area contributed by atoms with Gasteiger partial charge >= 0.3 is 0 Å². The third kappa shape index (κ3) is 1.71. The van der Waals surface area contributed by atoms with E-state index >= 15 is 0 Å². The van der Waals surface area contributed by atoms with E-state index in [1.807, 2.05) is 6.92 Å². The van der Waals surface area contributed by atoms with Gasteiger partial charge in [0.15, 0.2) is 0 Å². The van der Waals surface area contributed by atoms with Gasteiger partial charge in [-0.1, -0.05) is 6.92 Å². The molecule has 0 amide bonds. The molecular formula is C10H11Cl7. The fourth-order valence-electron chi connectivity index (χ4n) is 3.55. The van der Waals surface area contributed by atoms with E-state index in [9.17, 15) is 0 Å². The second-order valence-corrected chi connectivity index (χ2v) is 8.74. The molecule has 0 aromatic carbocycles. The molecule has 0 aromatic heterocycles. The number of fused-ring (bicyclic) bond motifs is 2. The first kappa shape index (κ1) is 15.4. The standard InChI is InChI=1S/C10H11Cl7/c1-9(7(14)15)4-3(11)2-10(9,8(16)17)6(13)5(4)12/h3-8H,2H2,1H3/t3-,4-,5+,6-,9+,10+/m0/s1. The SMILES string of the molecule is C[C@]1(C(Cl)Cl)[C@@H]2[C@@H](Cl)[C@H](Cl)[C@@]1(C(Cl)Cl)C[C@@H]2Cl. The number of hydrogen-bond acceptors (Lipinski definition) is 0. The second-order valence-electron chi connectivity index (χ2n) is 5.02. The van der Waals surface area contributed by atoms with Crippen LogP contribution in [0.5, 0.6) is 0 Å². The molecule has 2 saturated carbocycles. The lowest BCUT2D eigenvalue weighted by atomic mass is 9.70. The first-order valence-corrected chi connectivity index (χ1v) is 8.25. The maximum Gasteiger partial charge on any atom is 0.115 e. The molecular weight excluding hydrogens is 368 g/mol. The van der Waals surface area contributed by atoms with Gasteiger partial charge in [0.25, 0.3) is 0 Å². The van der Waals surface area contributed by atoms with Gasteiger partial charge in [-0.15, -0.1) is 81.2 Å². The lowest BCUT2D eigenvalue weighted by Gasteiger charge is -2.44. The molecule has 2 aliphatic carbocycles. The Kier molecular flexibility index (Phi) is 4.35. The van der Waals surface area contributed by atoms with Crippen LogP contribution >= 0.6 is 81.2 Å². The van der Waals surface area contributed by atoms with E-state index in [4.69, 9.17) is 81.2 Å². The Morgan fingerprint density at radius 1 is 1.00 bits per heavy atom. The maximum absolute atomic E-state index is 6.43. The zero-order valence-corrected chi connectivity index (χ0v) is 14.1. The molecule has 0 heterocycles. The summed E-state index contributed by atoms with van der Waals surface area (Å²) < 4.78 is 0. The van der Waals surface area contributed by atoms with E-state index in [1.54, 1.807) is 0 Å². The smallest absolute Gasteiger partial charge is 0.115 e. The van der Waals surface area contributed by atoms with E-state index in [0.717, 1.165) is 0 Å². The monoisotopic (exact) mass is 376 g/mol. The van der Waals surface area contributed by atoms with E-state index in [-0.39, 0.29) is 22.0 Å². The highest BCUT2D eigenvalue weighted by Gasteiger charge is 2.76. The van der Waals surface area contributed by atoms with E-state index in [2.05, 4.69) is 0 Å². The first-order valence-electron chi connectivity index (χ1n) is 5.19. The number of alkyl halides is 7. The molecule has 0 spiro atoms. The molecule has 0 radical (unpaired) electrons. The van der Waals surface area contributed by atoms with Crippen LogP contribution < -0.4 is 0 Å². The Bertz CT molecular complexity index is 320. The summed E-state index contributed by atoms with van der Waals surface area (Å²) in [5.41, 5.74) is -1.22. The van der Waals surface area contributed by atoms with Gasteiger partial charge in [0.1, 0.15) is 9.67 Å². The van der Waals surface area contributed by atoms with Crippen molar-refractivity contribution < 1.29 is 0 Å². The lowest BCUT2D eigenvalue weighted by molar-refractivity contribution is 0.140.